The van der Waals surface area contributed by atoms with Gasteiger partial charge in [0.05, 0.1) is 16.9 Å². The quantitative estimate of drug-likeness (QED) is 0.559. The molecule has 3 aromatic carbocycles. The van der Waals surface area contributed by atoms with E-state index >= 15 is 0 Å². The summed E-state index contributed by atoms with van der Waals surface area (Å²) in [4.78, 5) is 17.0. The Balaban J connectivity index is 1.62. The molecule has 29 heavy (non-hydrogen) atoms. The van der Waals surface area contributed by atoms with Crippen LogP contribution in [0.5, 0.6) is 0 Å². The van der Waals surface area contributed by atoms with Gasteiger partial charge in [0.15, 0.2) is 0 Å². The largest absolute Gasteiger partial charge is 0.357 e. The minimum Gasteiger partial charge on any atom is -0.357 e. The van der Waals surface area contributed by atoms with Crippen LogP contribution in [0.2, 0.25) is 0 Å². The van der Waals surface area contributed by atoms with Crippen molar-refractivity contribution in [1.82, 2.24) is 20.2 Å². The Morgan fingerprint density at radius 1 is 0.966 bits per heavy atom. The van der Waals surface area contributed by atoms with Crippen LogP contribution in [0.3, 0.4) is 0 Å². The first-order chi connectivity index (χ1) is 14.1. The number of imidazole rings is 1. The van der Waals surface area contributed by atoms with Crippen LogP contribution < -0.4 is 10.6 Å². The molecule has 1 aromatic heterocycles. The van der Waals surface area contributed by atoms with Crippen LogP contribution in [0.25, 0.3) is 28.1 Å². The van der Waals surface area contributed by atoms with E-state index in [9.17, 15) is 4.79 Å². The molecule has 5 rings (SSSR count). The number of carbonyl (C=O) groups excluding carboxylic acids is 1. The maximum Gasteiger partial charge on any atom is 0.252 e. The number of benzene rings is 3. The Bertz CT molecular complexity index is 1240. The topological polar surface area (TPSA) is 59.0 Å². The number of nitrogens with zero attached hydrogens (tertiary/aromatic N) is 2. The molecule has 5 nitrogen and oxygen atoms in total. The second kappa shape index (κ2) is 6.63. The Hall–Kier alpha value is -3.86. The van der Waals surface area contributed by atoms with Crippen LogP contribution >= 0.6 is 0 Å². The van der Waals surface area contributed by atoms with Gasteiger partial charge in [0.1, 0.15) is 11.9 Å². The second-order valence-electron chi connectivity index (χ2n) is 7.26. The van der Waals surface area contributed by atoms with Crippen molar-refractivity contribution in [2.75, 3.05) is 0 Å². The fourth-order valence-corrected chi connectivity index (χ4v) is 3.73. The monoisotopic (exact) mass is 380 g/mol. The first-order valence-corrected chi connectivity index (χ1v) is 9.51. The summed E-state index contributed by atoms with van der Waals surface area (Å²) >= 11 is 0. The van der Waals surface area contributed by atoms with Gasteiger partial charge < -0.3 is 10.6 Å². The predicted octanol–water partition coefficient (Wildman–Crippen LogP) is 4.23. The van der Waals surface area contributed by atoms with Crippen molar-refractivity contribution in [3.63, 3.8) is 0 Å². The van der Waals surface area contributed by atoms with Crippen molar-refractivity contribution in [2.24, 2.45) is 0 Å². The lowest BCUT2D eigenvalue weighted by Gasteiger charge is -2.12. The first-order valence-electron chi connectivity index (χ1n) is 9.51. The SMILES string of the molecule is C=C1NC(=O)C(c2ccc(-c3nc4ccccc4n3-c3ccc(C)cc3)cc2)N1. The van der Waals surface area contributed by atoms with Gasteiger partial charge >= 0.3 is 0 Å². The molecule has 1 amide bonds. The van der Waals surface area contributed by atoms with Crippen LogP contribution in [-0.4, -0.2) is 15.5 Å². The number of hydrogen-bond acceptors (Lipinski definition) is 3. The zero-order valence-corrected chi connectivity index (χ0v) is 16.0. The normalized spacial score (nSPS) is 16.1. The molecular formula is C24H20N4O. The summed E-state index contributed by atoms with van der Waals surface area (Å²) in [5, 5.41) is 5.77. The summed E-state index contributed by atoms with van der Waals surface area (Å²) in [5.74, 6) is 1.31. The third-order valence-corrected chi connectivity index (χ3v) is 5.21. The fraction of sp³-hybridized carbons (Fsp3) is 0.0833. The Morgan fingerprint density at radius 3 is 2.38 bits per heavy atom. The molecule has 2 N–H and O–H groups in total. The molecule has 1 atom stereocenters. The summed E-state index contributed by atoms with van der Waals surface area (Å²) in [6.45, 7) is 5.85. The lowest BCUT2D eigenvalue weighted by molar-refractivity contribution is -0.120. The van der Waals surface area contributed by atoms with Gasteiger partial charge in [-0.25, -0.2) is 4.98 Å². The van der Waals surface area contributed by atoms with Gasteiger partial charge in [-0.3, -0.25) is 9.36 Å². The van der Waals surface area contributed by atoms with Gasteiger partial charge in [-0.2, -0.15) is 0 Å². The molecule has 0 radical (unpaired) electrons. The third kappa shape index (κ3) is 2.97. The van der Waals surface area contributed by atoms with Crippen LogP contribution in [0.1, 0.15) is 17.2 Å². The van der Waals surface area contributed by atoms with Gasteiger partial charge in [-0.15, -0.1) is 0 Å². The van der Waals surface area contributed by atoms with E-state index in [0.29, 0.717) is 5.82 Å². The van der Waals surface area contributed by atoms with Crippen LogP contribution in [0.4, 0.5) is 0 Å². The summed E-state index contributed by atoms with van der Waals surface area (Å²) in [6, 6.07) is 24.1. The van der Waals surface area contributed by atoms with Crippen molar-refractivity contribution < 1.29 is 4.79 Å². The number of aryl methyl sites for hydroxylation is 1. The molecule has 142 valence electrons. The second-order valence-corrected chi connectivity index (χ2v) is 7.26. The lowest BCUT2D eigenvalue weighted by atomic mass is 10.0. The van der Waals surface area contributed by atoms with E-state index in [-0.39, 0.29) is 5.91 Å². The third-order valence-electron chi connectivity index (χ3n) is 5.21. The van der Waals surface area contributed by atoms with E-state index in [1.54, 1.807) is 0 Å². The van der Waals surface area contributed by atoms with Crippen molar-refractivity contribution in [3.05, 3.63) is 96.3 Å². The molecule has 1 aliphatic rings. The highest BCUT2D eigenvalue weighted by atomic mass is 16.2. The number of para-hydroxylation sites is 2. The van der Waals surface area contributed by atoms with Crippen LogP contribution in [0.15, 0.2) is 85.2 Å². The van der Waals surface area contributed by atoms with Gasteiger partial charge in [0, 0.05) is 11.3 Å². The fourth-order valence-electron chi connectivity index (χ4n) is 3.73. The number of rotatable bonds is 3. The zero-order valence-electron chi connectivity index (χ0n) is 16.0. The predicted molar refractivity (Wildman–Crippen MR) is 114 cm³/mol. The highest BCUT2D eigenvalue weighted by Gasteiger charge is 2.27. The summed E-state index contributed by atoms with van der Waals surface area (Å²) < 4.78 is 2.17. The summed E-state index contributed by atoms with van der Waals surface area (Å²) in [6.07, 6.45) is 0. The van der Waals surface area contributed by atoms with Crippen molar-refractivity contribution in [3.8, 4) is 17.1 Å². The molecule has 1 saturated heterocycles. The van der Waals surface area contributed by atoms with Crippen LogP contribution in [0, 0.1) is 6.92 Å². The minimum atomic E-state index is -0.410. The first kappa shape index (κ1) is 17.3. The molecule has 0 aliphatic carbocycles. The maximum atomic E-state index is 12.1. The number of nitrogens with one attached hydrogen (secondary N) is 2. The molecule has 5 heteroatoms. The van der Waals surface area contributed by atoms with E-state index in [1.165, 1.54) is 5.56 Å². The highest BCUT2D eigenvalue weighted by molar-refractivity contribution is 5.88. The van der Waals surface area contributed by atoms with E-state index in [2.05, 4.69) is 59.0 Å². The van der Waals surface area contributed by atoms with Crippen molar-refractivity contribution in [1.29, 1.82) is 0 Å². The lowest BCUT2D eigenvalue weighted by Crippen LogP contribution is -2.19. The molecule has 1 aliphatic heterocycles. The average molecular weight is 380 g/mol. The Labute approximate surface area is 168 Å². The number of fused-ring (bicyclic) bond motifs is 1. The van der Waals surface area contributed by atoms with Crippen molar-refractivity contribution in [2.45, 2.75) is 13.0 Å². The molecule has 0 spiro atoms. The molecule has 4 aromatic rings. The standard InChI is InChI=1S/C24H20N4O/c1-15-7-13-19(14-8-15)28-21-6-4-3-5-20(21)27-23(28)18-11-9-17(10-12-18)22-24(29)26-16(2)25-22/h3-14,22,25H,2H2,1H3,(H,26,29). The number of amides is 1. The summed E-state index contributed by atoms with van der Waals surface area (Å²) in [7, 11) is 0. The summed E-state index contributed by atoms with van der Waals surface area (Å²) in [5.41, 5.74) is 6.17. The van der Waals surface area contributed by atoms with Gasteiger partial charge in [0.2, 0.25) is 0 Å². The highest BCUT2D eigenvalue weighted by Crippen LogP contribution is 2.30. The number of carbonyl (C=O) groups is 1. The molecule has 1 unspecified atom stereocenters. The van der Waals surface area contributed by atoms with E-state index in [4.69, 9.17) is 4.98 Å². The van der Waals surface area contributed by atoms with E-state index in [0.717, 1.165) is 33.7 Å². The smallest absolute Gasteiger partial charge is 0.252 e. The molecule has 1 fully saturated rings. The van der Waals surface area contributed by atoms with E-state index < -0.39 is 6.04 Å². The Morgan fingerprint density at radius 2 is 1.69 bits per heavy atom. The maximum absolute atomic E-state index is 12.1. The molecular weight excluding hydrogens is 360 g/mol. The number of aromatic nitrogens is 2. The number of hydrogen-bond donors (Lipinski definition) is 2. The van der Waals surface area contributed by atoms with Gasteiger partial charge in [0.25, 0.3) is 5.91 Å². The molecule has 2 heterocycles. The average Bonchev–Trinajstić information content (AvgIpc) is 3.28. The molecule has 0 saturated carbocycles. The van der Waals surface area contributed by atoms with Gasteiger partial charge in [-0.05, 0) is 36.8 Å². The van der Waals surface area contributed by atoms with Crippen LogP contribution in [-0.2, 0) is 4.79 Å². The van der Waals surface area contributed by atoms with E-state index in [1.807, 2.05) is 42.5 Å². The molecule has 0 bridgehead atoms. The minimum absolute atomic E-state index is 0.0883. The van der Waals surface area contributed by atoms with Gasteiger partial charge in [-0.1, -0.05) is 60.7 Å². The Kier molecular flexibility index (Phi) is 3.95. The van der Waals surface area contributed by atoms with Crippen molar-refractivity contribution >= 4 is 16.9 Å². The zero-order chi connectivity index (χ0) is 20.0.